The molecule has 3 fully saturated rings. The maximum atomic E-state index is 13.2. The third-order valence-corrected chi connectivity index (χ3v) is 8.73. The van der Waals surface area contributed by atoms with Gasteiger partial charge in [-0.05, 0) is 26.2 Å². The van der Waals surface area contributed by atoms with Crippen LogP contribution in [-0.2, 0) is 43.0 Å². The maximum Gasteiger partial charge on any atom is 0.333 e. The summed E-state index contributed by atoms with van der Waals surface area (Å²) in [7, 11) is 0. The first kappa shape index (κ1) is 43.8. The van der Waals surface area contributed by atoms with Crippen LogP contribution in [0.3, 0.4) is 0 Å². The van der Waals surface area contributed by atoms with Crippen LogP contribution in [0.25, 0.3) is 0 Å². The van der Waals surface area contributed by atoms with Gasteiger partial charge in [0.2, 0.25) is 5.91 Å². The predicted octanol–water partition coefficient (Wildman–Crippen LogP) is -1.77. The van der Waals surface area contributed by atoms with Gasteiger partial charge < -0.3 is 64.4 Å². The summed E-state index contributed by atoms with van der Waals surface area (Å²) in [5.74, 6) is -1.86. The van der Waals surface area contributed by atoms with Crippen molar-refractivity contribution in [1.82, 2.24) is 9.96 Å². The lowest BCUT2D eigenvalue weighted by Gasteiger charge is -2.39. The molecular formula is C32H56N2O16. The molecule has 0 aromatic carbocycles. The van der Waals surface area contributed by atoms with E-state index in [0.717, 1.165) is 25.7 Å². The Morgan fingerprint density at radius 1 is 0.720 bits per heavy atom. The SMILES string of the molecule is C.C[C@@H]1O[C@@H](OCCN(CCCO[C@H]2O[C@H](CO)[C@@H](O)[C@H](O)[C@@H]2O)C(=O)CCCCCCCCC(=O)ON2C(=O)CCC2=O)[C@@H](O)[C@H](O)[C@@H]1O. The third-order valence-electron chi connectivity index (χ3n) is 8.73. The lowest BCUT2D eigenvalue weighted by atomic mass is 9.99. The van der Waals surface area contributed by atoms with Crippen LogP contribution in [-0.4, -0.2) is 164 Å². The molecule has 0 spiro atoms. The van der Waals surface area contributed by atoms with Gasteiger partial charge in [0.15, 0.2) is 12.6 Å². The molecule has 3 rings (SSSR count). The molecule has 0 aromatic heterocycles. The molecule has 3 aliphatic heterocycles. The highest BCUT2D eigenvalue weighted by molar-refractivity contribution is 6.01. The van der Waals surface area contributed by atoms with E-state index in [1.54, 1.807) is 0 Å². The number of imide groups is 1. The number of hydrogen-bond acceptors (Lipinski definition) is 16. The highest BCUT2D eigenvalue weighted by Crippen LogP contribution is 2.23. The Morgan fingerprint density at radius 3 is 1.88 bits per heavy atom. The topological polar surface area (TPSA) is 263 Å². The Bertz CT molecular complexity index is 1050. The van der Waals surface area contributed by atoms with Gasteiger partial charge in [-0.1, -0.05) is 33.1 Å². The Morgan fingerprint density at radius 2 is 1.26 bits per heavy atom. The summed E-state index contributed by atoms with van der Waals surface area (Å²) in [6, 6.07) is 0. The molecule has 7 N–H and O–H groups in total. The van der Waals surface area contributed by atoms with E-state index in [0.29, 0.717) is 17.9 Å². The fourth-order valence-electron chi connectivity index (χ4n) is 5.67. The van der Waals surface area contributed by atoms with Gasteiger partial charge in [-0.2, -0.15) is 0 Å². The number of rotatable bonds is 20. The highest BCUT2D eigenvalue weighted by atomic mass is 16.7. The molecule has 10 atom stereocenters. The average Bonchev–Trinajstić information content (AvgIpc) is 3.39. The zero-order valence-electron chi connectivity index (χ0n) is 27.8. The number of aliphatic hydroxyl groups excluding tert-OH is 7. The van der Waals surface area contributed by atoms with Gasteiger partial charge in [0.1, 0.15) is 42.7 Å². The quantitative estimate of drug-likeness (QED) is 0.0541. The molecule has 0 aromatic rings. The Labute approximate surface area is 291 Å². The molecule has 50 heavy (non-hydrogen) atoms. The smallest absolute Gasteiger partial charge is 0.333 e. The molecule has 18 nitrogen and oxygen atoms in total. The number of hydrogen-bond donors (Lipinski definition) is 7. The lowest BCUT2D eigenvalue weighted by Crippen LogP contribution is -2.59. The molecule has 3 aliphatic rings. The zero-order chi connectivity index (χ0) is 36.1. The van der Waals surface area contributed by atoms with Crippen LogP contribution in [0, 0.1) is 0 Å². The second kappa shape index (κ2) is 21.9. The van der Waals surface area contributed by atoms with Crippen molar-refractivity contribution in [2.24, 2.45) is 0 Å². The van der Waals surface area contributed by atoms with E-state index < -0.39 is 85.8 Å². The lowest BCUT2D eigenvalue weighted by molar-refractivity contribution is -0.301. The summed E-state index contributed by atoms with van der Waals surface area (Å²) in [5.41, 5.74) is 0. The van der Waals surface area contributed by atoms with Crippen molar-refractivity contribution in [2.45, 2.75) is 146 Å². The van der Waals surface area contributed by atoms with Crippen molar-refractivity contribution in [3.05, 3.63) is 0 Å². The van der Waals surface area contributed by atoms with Crippen LogP contribution >= 0.6 is 0 Å². The first-order valence-electron chi connectivity index (χ1n) is 16.9. The van der Waals surface area contributed by atoms with Crippen LogP contribution in [0.15, 0.2) is 0 Å². The number of hydroxylamine groups is 2. The molecular weight excluding hydrogens is 668 g/mol. The number of ether oxygens (including phenoxy) is 4. The van der Waals surface area contributed by atoms with Crippen molar-refractivity contribution in [1.29, 1.82) is 0 Å². The summed E-state index contributed by atoms with van der Waals surface area (Å²) < 4.78 is 21.9. The second-order valence-electron chi connectivity index (χ2n) is 12.5. The van der Waals surface area contributed by atoms with Gasteiger partial charge in [-0.25, -0.2) is 4.79 Å². The van der Waals surface area contributed by atoms with Crippen molar-refractivity contribution >= 4 is 23.7 Å². The van der Waals surface area contributed by atoms with Gasteiger partial charge in [0.05, 0.1) is 25.9 Å². The minimum Gasteiger partial charge on any atom is -0.394 e. The second-order valence-corrected chi connectivity index (χ2v) is 12.5. The number of carbonyl (C=O) groups excluding carboxylic acids is 4. The standard InChI is InChI=1S/C31H52N2O16.CH4/c1-18-24(39)26(41)28(43)30(47-18)46-16-14-32(13-8-15-45-31-29(44)27(42)25(40)19(17-34)48-31)20(35)9-6-4-2-3-5-7-10-23(38)49-33-21(36)11-12-22(33)37;/h18-19,24-31,34,39-44H,2-17H2,1H3;1H4/t18-,19+,24+,25+,26+,27-,28-,29-,30+,31-;/m0./s1. The first-order chi connectivity index (χ1) is 23.3. The number of unbranched alkanes of at least 4 members (excludes halogenated alkanes) is 5. The summed E-state index contributed by atoms with van der Waals surface area (Å²) in [6.45, 7) is 1.18. The molecule has 3 saturated heterocycles. The van der Waals surface area contributed by atoms with E-state index in [2.05, 4.69) is 0 Å². The Balaban J connectivity index is 0.00000867. The van der Waals surface area contributed by atoms with E-state index >= 15 is 0 Å². The van der Waals surface area contributed by atoms with E-state index in [9.17, 15) is 54.9 Å². The van der Waals surface area contributed by atoms with E-state index in [1.807, 2.05) is 0 Å². The summed E-state index contributed by atoms with van der Waals surface area (Å²) in [5, 5.41) is 70.2. The minimum absolute atomic E-state index is 0. The predicted molar refractivity (Wildman–Crippen MR) is 170 cm³/mol. The van der Waals surface area contributed by atoms with Crippen LogP contribution in [0.2, 0.25) is 0 Å². The average molecular weight is 725 g/mol. The zero-order valence-corrected chi connectivity index (χ0v) is 27.8. The molecule has 0 aliphatic carbocycles. The molecule has 0 radical (unpaired) electrons. The normalized spacial score (nSPS) is 31.4. The molecule has 0 saturated carbocycles. The maximum absolute atomic E-state index is 13.2. The third kappa shape index (κ3) is 12.7. The van der Waals surface area contributed by atoms with Crippen molar-refractivity contribution in [2.75, 3.05) is 32.9 Å². The van der Waals surface area contributed by atoms with E-state index in [1.165, 1.54) is 11.8 Å². The largest absolute Gasteiger partial charge is 0.394 e. The highest BCUT2D eigenvalue weighted by Gasteiger charge is 2.44. The monoisotopic (exact) mass is 724 g/mol. The Hall–Kier alpha value is -2.36. The van der Waals surface area contributed by atoms with Gasteiger partial charge >= 0.3 is 5.97 Å². The molecule has 3 heterocycles. The Kier molecular flexibility index (Phi) is 19.2. The number of nitrogens with zero attached hydrogens (tertiary/aromatic N) is 2. The van der Waals surface area contributed by atoms with Gasteiger partial charge in [-0.3, -0.25) is 14.4 Å². The van der Waals surface area contributed by atoms with Gasteiger partial charge in [0.25, 0.3) is 11.8 Å². The summed E-state index contributed by atoms with van der Waals surface area (Å²) >= 11 is 0. The molecule has 290 valence electrons. The van der Waals surface area contributed by atoms with Crippen molar-refractivity contribution < 1.29 is 78.7 Å². The summed E-state index contributed by atoms with van der Waals surface area (Å²) in [4.78, 5) is 54.5. The van der Waals surface area contributed by atoms with Crippen molar-refractivity contribution in [3.63, 3.8) is 0 Å². The number of amides is 3. The fourth-order valence-corrected chi connectivity index (χ4v) is 5.67. The molecule has 0 bridgehead atoms. The van der Waals surface area contributed by atoms with Crippen LogP contribution in [0.1, 0.15) is 85.0 Å². The van der Waals surface area contributed by atoms with E-state index in [4.69, 9.17) is 23.8 Å². The van der Waals surface area contributed by atoms with Gasteiger partial charge in [-0.15, -0.1) is 5.06 Å². The minimum atomic E-state index is -1.58. The van der Waals surface area contributed by atoms with Crippen LogP contribution in [0.4, 0.5) is 0 Å². The van der Waals surface area contributed by atoms with Crippen LogP contribution in [0.5, 0.6) is 0 Å². The molecule has 3 amide bonds. The fraction of sp³-hybridized carbons (Fsp3) is 0.875. The van der Waals surface area contributed by atoms with Gasteiger partial charge in [0, 0.05) is 38.8 Å². The number of carbonyl (C=O) groups is 4. The van der Waals surface area contributed by atoms with E-state index in [-0.39, 0.29) is 71.7 Å². The van der Waals surface area contributed by atoms with Crippen LogP contribution < -0.4 is 0 Å². The van der Waals surface area contributed by atoms with Crippen molar-refractivity contribution in [3.8, 4) is 0 Å². The number of aliphatic hydroxyl groups is 7. The summed E-state index contributed by atoms with van der Waals surface area (Å²) in [6.07, 6.45) is -8.46. The first-order valence-corrected chi connectivity index (χ1v) is 16.9. The molecule has 18 heteroatoms. The molecule has 0 unspecified atom stereocenters.